The summed E-state index contributed by atoms with van der Waals surface area (Å²) < 4.78 is 0. The lowest BCUT2D eigenvalue weighted by molar-refractivity contribution is -0.157. The first-order valence-corrected chi connectivity index (χ1v) is 35.1. The molecule has 7 rings (SSSR count). The van der Waals surface area contributed by atoms with Crippen LogP contribution in [0.25, 0.3) is 0 Å². The van der Waals surface area contributed by atoms with Gasteiger partial charge in [-0.15, -0.1) is 0 Å². The van der Waals surface area contributed by atoms with Gasteiger partial charge in [-0.1, -0.05) is 108 Å². The number of aryl methyl sites for hydroxylation is 1. The molecule has 3 saturated carbocycles. The highest BCUT2D eigenvalue weighted by molar-refractivity contribution is 6.30. The van der Waals surface area contributed by atoms with Gasteiger partial charge in [-0.3, -0.25) is 57.5 Å². The van der Waals surface area contributed by atoms with Crippen molar-refractivity contribution in [2.45, 2.75) is 223 Å². The van der Waals surface area contributed by atoms with Crippen molar-refractivity contribution in [2.24, 2.45) is 17.8 Å². The van der Waals surface area contributed by atoms with Crippen LogP contribution in [-0.2, 0) is 64.0 Å². The first-order chi connectivity index (χ1) is 44.7. The molecule has 3 aliphatic carbocycles. The van der Waals surface area contributed by atoms with Crippen molar-refractivity contribution in [1.29, 1.82) is 0 Å². The van der Waals surface area contributed by atoms with Gasteiger partial charge in [-0.2, -0.15) is 0 Å². The van der Waals surface area contributed by atoms with E-state index in [1.807, 2.05) is 19.1 Å². The summed E-state index contributed by atoms with van der Waals surface area (Å²) in [6.07, 6.45) is 13.7. The zero-order chi connectivity index (χ0) is 68.7. The molecule has 8 atom stereocenters. The fraction of sp³-hybridized carbons (Fsp3) is 0.739. The molecule has 94 heavy (non-hydrogen) atoms. The van der Waals surface area contributed by atoms with Crippen LogP contribution in [0.2, 0.25) is 5.02 Å². The van der Waals surface area contributed by atoms with Gasteiger partial charge in [-0.25, -0.2) is 0 Å². The number of nitrogens with zero attached hydrogens (tertiary/aromatic N) is 9. The largest absolute Gasteiger partial charge is 0.343 e. The number of nitrogens with one attached hydrogen (secondary N) is 3. The Balaban J connectivity index is 1.25. The molecule has 0 unspecified atom stereocenters. The van der Waals surface area contributed by atoms with Crippen LogP contribution < -0.4 is 16.0 Å². The minimum absolute atomic E-state index is 0.0907. The SMILES string of the molecule is CC[C@H](C)[C@@H]1NC(=O)[C@H](C)N(C)C(=O)C[C@@H](C(=O)N2CCCCC2)N(C)C(=O)[C@H](C2CCCCC2)N(C)C(=O)C2(CCCC2)NC(=O)[C@@H]2CCCN2C(=O)[C@H](CCc2ccc(Cl)cc2)NC(=O)CN(C)C(=O)[C@H](CC2CCCCC2)N(C)C(=O)CN(C)C(=O)CN(C)C1=O. The lowest BCUT2D eigenvalue weighted by Gasteiger charge is -2.43. The number of hydrogen-bond acceptors (Lipinski definition) is 12. The maximum atomic E-state index is 15.7. The van der Waals surface area contributed by atoms with Crippen LogP contribution >= 0.6 is 11.6 Å². The van der Waals surface area contributed by atoms with E-state index in [4.69, 9.17) is 11.6 Å². The van der Waals surface area contributed by atoms with Crippen LogP contribution in [-0.4, -0.2) is 251 Å². The van der Waals surface area contributed by atoms with Crippen LogP contribution in [0.4, 0.5) is 0 Å². The molecule has 24 nitrogen and oxygen atoms in total. The van der Waals surface area contributed by atoms with Crippen LogP contribution in [0.5, 0.6) is 0 Å². The Labute approximate surface area is 561 Å². The second kappa shape index (κ2) is 34.2. The molecule has 0 radical (unpaired) electrons. The summed E-state index contributed by atoms with van der Waals surface area (Å²) in [6.45, 7) is 4.67. The van der Waals surface area contributed by atoms with Crippen molar-refractivity contribution in [3.8, 4) is 0 Å². The van der Waals surface area contributed by atoms with E-state index < -0.39 is 151 Å². The van der Waals surface area contributed by atoms with Crippen LogP contribution in [0.15, 0.2) is 24.3 Å². The molecule has 1 aromatic rings. The van der Waals surface area contributed by atoms with E-state index in [9.17, 15) is 38.4 Å². The summed E-state index contributed by atoms with van der Waals surface area (Å²) in [5.74, 6) is -7.53. The first kappa shape index (κ1) is 74.5. The minimum atomic E-state index is -1.47. The number of halogens is 1. The van der Waals surface area contributed by atoms with Gasteiger partial charge in [0, 0.05) is 74.0 Å². The third-order valence-corrected chi connectivity index (χ3v) is 21.7. The summed E-state index contributed by atoms with van der Waals surface area (Å²) in [5, 5.41) is 9.42. The minimum Gasteiger partial charge on any atom is -0.343 e. The molecule has 3 saturated heterocycles. The second-order valence-electron chi connectivity index (χ2n) is 28.0. The highest BCUT2D eigenvalue weighted by Gasteiger charge is 2.51. The Morgan fingerprint density at radius 1 is 0.596 bits per heavy atom. The van der Waals surface area contributed by atoms with Gasteiger partial charge in [-0.05, 0) is 119 Å². The Bertz CT molecular complexity index is 2870. The van der Waals surface area contributed by atoms with Crippen molar-refractivity contribution in [3.05, 3.63) is 34.9 Å². The van der Waals surface area contributed by atoms with Gasteiger partial charge in [0.2, 0.25) is 70.9 Å². The molecular weight excluding hydrogens is 1220 g/mol. The number of likely N-dealkylation sites (tertiary alicyclic amines) is 1. The molecule has 3 heterocycles. The quantitative estimate of drug-likeness (QED) is 0.311. The van der Waals surface area contributed by atoms with Crippen molar-refractivity contribution < 1.29 is 57.5 Å². The number of benzene rings is 1. The van der Waals surface area contributed by atoms with E-state index in [2.05, 4.69) is 16.0 Å². The lowest BCUT2D eigenvalue weighted by Crippen LogP contribution is -2.65. The molecule has 25 heteroatoms. The number of carbonyl (C=O) groups is 12. The molecule has 6 aliphatic rings. The summed E-state index contributed by atoms with van der Waals surface area (Å²) in [5.41, 5.74) is -0.643. The molecule has 1 aromatic carbocycles. The summed E-state index contributed by atoms with van der Waals surface area (Å²) in [6, 6.07) is -0.960. The van der Waals surface area contributed by atoms with Crippen molar-refractivity contribution in [1.82, 2.24) is 60.0 Å². The Hall–Kier alpha value is -6.85. The second-order valence-corrected chi connectivity index (χ2v) is 28.5. The topological polar surface area (TPSA) is 270 Å². The molecule has 3 aliphatic heterocycles. The predicted molar refractivity (Wildman–Crippen MR) is 355 cm³/mol. The van der Waals surface area contributed by atoms with Gasteiger partial charge in [0.15, 0.2) is 0 Å². The Kier molecular flexibility index (Phi) is 27.1. The van der Waals surface area contributed by atoms with E-state index in [1.165, 1.54) is 83.5 Å². The van der Waals surface area contributed by atoms with Gasteiger partial charge < -0.3 is 60.0 Å². The zero-order valence-corrected chi connectivity index (χ0v) is 58.4. The van der Waals surface area contributed by atoms with E-state index in [0.29, 0.717) is 69.5 Å². The lowest BCUT2D eigenvalue weighted by atomic mass is 9.81. The molecule has 12 amide bonds. The zero-order valence-electron chi connectivity index (χ0n) is 57.6. The fourth-order valence-corrected chi connectivity index (χ4v) is 15.0. The summed E-state index contributed by atoms with van der Waals surface area (Å²) in [7, 11) is 10.3. The molecule has 3 N–H and O–H groups in total. The Morgan fingerprint density at radius 2 is 1.19 bits per heavy atom. The van der Waals surface area contributed by atoms with Crippen LogP contribution in [0, 0.1) is 17.8 Å². The van der Waals surface area contributed by atoms with Gasteiger partial charge in [0.1, 0.15) is 47.8 Å². The van der Waals surface area contributed by atoms with Gasteiger partial charge in [0.25, 0.3) is 0 Å². The van der Waals surface area contributed by atoms with Crippen LogP contribution in [0.3, 0.4) is 0 Å². The van der Waals surface area contributed by atoms with Gasteiger partial charge >= 0.3 is 0 Å². The number of hydrogen-bond donors (Lipinski definition) is 3. The molecular formula is C69H107ClN12O12. The monoisotopic (exact) mass is 1330 g/mol. The summed E-state index contributed by atoms with van der Waals surface area (Å²) >= 11 is 6.25. The molecule has 1 spiro atoms. The number of carbonyl (C=O) groups excluding carboxylic acids is 12. The maximum Gasteiger partial charge on any atom is 0.248 e. The van der Waals surface area contributed by atoms with Crippen LogP contribution in [0.1, 0.15) is 174 Å². The molecule has 6 fully saturated rings. The van der Waals surface area contributed by atoms with Crippen molar-refractivity contribution >= 4 is 82.5 Å². The third-order valence-electron chi connectivity index (χ3n) is 21.4. The van der Waals surface area contributed by atoms with Gasteiger partial charge in [0.05, 0.1) is 26.1 Å². The number of amides is 12. The smallest absolute Gasteiger partial charge is 0.248 e. The summed E-state index contributed by atoms with van der Waals surface area (Å²) in [4.78, 5) is 189. The van der Waals surface area contributed by atoms with E-state index in [-0.39, 0.29) is 44.1 Å². The highest BCUT2D eigenvalue weighted by Crippen LogP contribution is 2.37. The average Bonchev–Trinajstić information content (AvgIpc) is 1.15. The van der Waals surface area contributed by atoms with Crippen molar-refractivity contribution in [3.63, 3.8) is 0 Å². The van der Waals surface area contributed by atoms with E-state index >= 15 is 19.2 Å². The standard InChI is InChI=1S/C69H107ClN12O12/c1-11-45(2)59-66(92)76(6)43-57(85)74(4)44-58(86)78(8)53(40-48-24-15-12-16-25-48)64(90)75(5)42-55(83)71-51(34-31-47-29-32-50(70)33-30-47)63(89)82-39-23-28-52(82)62(88)73-69(35-19-20-36-69)68(94)80(10)60(49-26-17-13-18-27-49)67(93)79(9)54(65(91)81-37-21-14-22-38-81)41-56(84)77(7)46(3)61(87)72-59/h29-30,32-33,45-46,48-49,51-54,59-60H,11-28,31,34-44H2,1-10H3,(H,71,83)(H,72,87)(H,73,88)/t45-,46-,51-,52-,53-,54-,59-,60-/m0/s1. The number of piperidine rings is 1. The molecule has 0 bridgehead atoms. The molecule has 522 valence electrons. The maximum absolute atomic E-state index is 15.7. The number of fused-ring (bicyclic) bond motifs is 1. The Morgan fingerprint density at radius 3 is 1.82 bits per heavy atom. The number of likely N-dealkylation sites (N-methyl/N-ethyl adjacent to an activating group) is 7. The average molecular weight is 1330 g/mol. The molecule has 0 aromatic heterocycles. The fourth-order valence-electron chi connectivity index (χ4n) is 14.9. The van der Waals surface area contributed by atoms with Crippen molar-refractivity contribution in [2.75, 3.05) is 88.6 Å². The highest BCUT2D eigenvalue weighted by atomic mass is 35.5. The van der Waals surface area contributed by atoms with E-state index in [0.717, 1.165) is 81.1 Å². The number of rotatable bonds is 9. The van der Waals surface area contributed by atoms with E-state index in [1.54, 1.807) is 31.0 Å². The first-order valence-electron chi connectivity index (χ1n) is 34.7. The normalized spacial score (nSPS) is 27.6. The third kappa shape index (κ3) is 18.6. The predicted octanol–water partition coefficient (Wildman–Crippen LogP) is 4.38.